The van der Waals surface area contributed by atoms with Gasteiger partial charge in [-0.3, -0.25) is 4.90 Å². The Kier molecular flexibility index (Phi) is 4.05. The Morgan fingerprint density at radius 2 is 2.11 bits per heavy atom. The third-order valence-electron chi connectivity index (χ3n) is 4.31. The third-order valence-corrected chi connectivity index (χ3v) is 5.53. The van der Waals surface area contributed by atoms with Gasteiger partial charge >= 0.3 is 0 Å². The fourth-order valence-electron chi connectivity index (χ4n) is 3.19. The van der Waals surface area contributed by atoms with Crippen molar-refractivity contribution < 1.29 is 0 Å². The molecule has 5 heteroatoms. The fraction of sp³-hybridized carbons (Fsp3) is 0.786. The second kappa shape index (κ2) is 5.77. The van der Waals surface area contributed by atoms with Crippen LogP contribution in [0.2, 0.25) is 0 Å². The number of aryl methyl sites for hydroxylation is 1. The minimum Gasteiger partial charge on any atom is -0.346 e. The van der Waals surface area contributed by atoms with E-state index in [1.165, 1.54) is 61.1 Å². The van der Waals surface area contributed by atoms with Crippen LogP contribution in [0.5, 0.6) is 0 Å². The van der Waals surface area contributed by atoms with E-state index in [-0.39, 0.29) is 0 Å². The van der Waals surface area contributed by atoms with Gasteiger partial charge in [0.1, 0.15) is 0 Å². The van der Waals surface area contributed by atoms with Crippen molar-refractivity contribution in [2.24, 2.45) is 0 Å². The molecule has 0 saturated carbocycles. The predicted octanol–water partition coefficient (Wildman–Crippen LogP) is 1.85. The summed E-state index contributed by atoms with van der Waals surface area (Å²) in [5.74, 6) is 0. The number of hydrogen-bond donors (Lipinski definition) is 1. The molecule has 0 spiro atoms. The van der Waals surface area contributed by atoms with Crippen LogP contribution in [0.1, 0.15) is 29.8 Å². The van der Waals surface area contributed by atoms with Gasteiger partial charge in [-0.2, -0.15) is 0 Å². The van der Waals surface area contributed by atoms with E-state index in [9.17, 15) is 0 Å². The molecular formula is C14H24N4S. The lowest BCUT2D eigenvalue weighted by Crippen LogP contribution is -2.35. The van der Waals surface area contributed by atoms with Crippen LogP contribution >= 0.6 is 11.3 Å². The Morgan fingerprint density at radius 1 is 1.32 bits per heavy atom. The molecule has 0 aliphatic carbocycles. The summed E-state index contributed by atoms with van der Waals surface area (Å²) < 4.78 is 0. The average molecular weight is 280 g/mol. The number of nitrogens with zero attached hydrogens (tertiary/aromatic N) is 3. The zero-order valence-corrected chi connectivity index (χ0v) is 12.8. The molecule has 0 radical (unpaired) electrons. The molecule has 3 rings (SSSR count). The van der Waals surface area contributed by atoms with Crippen molar-refractivity contribution >= 4 is 16.5 Å². The summed E-state index contributed by atoms with van der Waals surface area (Å²) in [5, 5.41) is 4.45. The summed E-state index contributed by atoms with van der Waals surface area (Å²) in [7, 11) is 2.00. The van der Waals surface area contributed by atoms with Gasteiger partial charge in [0.15, 0.2) is 5.13 Å². The van der Waals surface area contributed by atoms with Crippen LogP contribution in [0.25, 0.3) is 0 Å². The maximum atomic E-state index is 4.76. The van der Waals surface area contributed by atoms with E-state index in [4.69, 9.17) is 4.98 Å². The van der Waals surface area contributed by atoms with E-state index < -0.39 is 0 Å². The fourth-order valence-corrected chi connectivity index (χ4v) is 4.30. The number of nitrogens with one attached hydrogen (secondary N) is 1. The molecule has 1 N–H and O–H groups in total. The van der Waals surface area contributed by atoms with Crippen LogP contribution in [0, 0.1) is 6.92 Å². The Hall–Kier alpha value is -0.650. The summed E-state index contributed by atoms with van der Waals surface area (Å²) in [6.45, 7) is 8.02. The molecule has 1 unspecified atom stereocenters. The normalized spacial score (nSPS) is 24.5. The van der Waals surface area contributed by atoms with Crippen LogP contribution in [0.3, 0.4) is 0 Å². The first-order chi connectivity index (χ1) is 9.28. The van der Waals surface area contributed by atoms with E-state index in [0.29, 0.717) is 0 Å². The summed E-state index contributed by atoms with van der Waals surface area (Å²) in [6.07, 6.45) is 4.08. The van der Waals surface area contributed by atoms with Gasteiger partial charge in [0, 0.05) is 30.6 Å². The van der Waals surface area contributed by atoms with Gasteiger partial charge in [-0.25, -0.2) is 4.98 Å². The number of thiazole rings is 1. The largest absolute Gasteiger partial charge is 0.346 e. The molecule has 0 amide bonds. The Morgan fingerprint density at radius 3 is 2.84 bits per heavy atom. The average Bonchev–Trinajstić information content (AvgIpc) is 3.09. The van der Waals surface area contributed by atoms with Crippen molar-refractivity contribution in [3.05, 3.63) is 10.6 Å². The van der Waals surface area contributed by atoms with Gasteiger partial charge < -0.3 is 10.2 Å². The highest BCUT2D eigenvalue weighted by Gasteiger charge is 2.30. The van der Waals surface area contributed by atoms with Crippen LogP contribution in [-0.2, 0) is 6.54 Å². The number of anilines is 1. The molecule has 19 heavy (non-hydrogen) atoms. The van der Waals surface area contributed by atoms with Crippen LogP contribution in [-0.4, -0.2) is 49.2 Å². The summed E-state index contributed by atoms with van der Waals surface area (Å²) in [4.78, 5) is 11.3. The van der Waals surface area contributed by atoms with Crippen molar-refractivity contribution in [3.8, 4) is 0 Å². The molecule has 0 aromatic carbocycles. The molecule has 1 aromatic rings. The standard InChI is InChI=1S/C14H24N4S/c1-11-13(9-15-2)19-14(16-11)18-8-5-12(10-18)17-6-3-4-7-17/h12,15H,3-10H2,1-2H3. The minimum atomic E-state index is 0.763. The Bertz CT molecular complexity index is 425. The smallest absolute Gasteiger partial charge is 0.185 e. The first-order valence-electron chi connectivity index (χ1n) is 7.38. The van der Waals surface area contributed by atoms with Crippen LogP contribution < -0.4 is 10.2 Å². The first-order valence-corrected chi connectivity index (χ1v) is 8.19. The van der Waals surface area contributed by atoms with E-state index in [2.05, 4.69) is 22.0 Å². The second-order valence-corrected chi connectivity index (χ2v) is 6.73. The molecule has 2 aliphatic heterocycles. The van der Waals surface area contributed by atoms with Crippen LogP contribution in [0.15, 0.2) is 0 Å². The molecule has 0 bridgehead atoms. The van der Waals surface area contributed by atoms with E-state index in [1.807, 2.05) is 18.4 Å². The molecule has 106 valence electrons. The second-order valence-electron chi connectivity index (χ2n) is 5.67. The van der Waals surface area contributed by atoms with Crippen LogP contribution in [0.4, 0.5) is 5.13 Å². The van der Waals surface area contributed by atoms with Gasteiger partial charge in [-0.1, -0.05) is 0 Å². The quantitative estimate of drug-likeness (QED) is 0.912. The van der Waals surface area contributed by atoms with Gasteiger partial charge in [-0.05, 0) is 46.3 Å². The molecule has 2 fully saturated rings. The third kappa shape index (κ3) is 2.78. The molecule has 2 saturated heterocycles. The first kappa shape index (κ1) is 13.3. The summed E-state index contributed by atoms with van der Waals surface area (Å²) >= 11 is 1.86. The Balaban J connectivity index is 1.65. The van der Waals surface area contributed by atoms with Gasteiger partial charge in [0.05, 0.1) is 5.69 Å². The highest BCUT2D eigenvalue weighted by atomic mass is 32.1. The lowest BCUT2D eigenvalue weighted by atomic mass is 10.2. The molecule has 4 nitrogen and oxygen atoms in total. The molecule has 3 heterocycles. The highest BCUT2D eigenvalue weighted by molar-refractivity contribution is 7.15. The highest BCUT2D eigenvalue weighted by Crippen LogP contribution is 2.30. The summed E-state index contributed by atoms with van der Waals surface area (Å²) in [5.41, 5.74) is 1.19. The predicted molar refractivity (Wildman–Crippen MR) is 81.0 cm³/mol. The van der Waals surface area contributed by atoms with Crippen molar-refractivity contribution in [1.82, 2.24) is 15.2 Å². The molecule has 1 atom stereocenters. The zero-order chi connectivity index (χ0) is 13.2. The number of hydrogen-bond acceptors (Lipinski definition) is 5. The van der Waals surface area contributed by atoms with Crippen molar-refractivity contribution in [2.45, 2.75) is 38.8 Å². The molecule has 1 aromatic heterocycles. The lowest BCUT2D eigenvalue weighted by Gasteiger charge is -2.23. The van der Waals surface area contributed by atoms with Gasteiger partial charge in [0.2, 0.25) is 0 Å². The van der Waals surface area contributed by atoms with Crippen molar-refractivity contribution in [2.75, 3.05) is 38.1 Å². The van der Waals surface area contributed by atoms with Gasteiger partial charge in [0.25, 0.3) is 0 Å². The number of rotatable bonds is 4. The van der Waals surface area contributed by atoms with E-state index in [0.717, 1.165) is 12.6 Å². The minimum absolute atomic E-state index is 0.763. The topological polar surface area (TPSA) is 31.4 Å². The molecule has 2 aliphatic rings. The molecular weight excluding hydrogens is 256 g/mol. The number of likely N-dealkylation sites (tertiary alicyclic amines) is 1. The Labute approximate surface area is 119 Å². The van der Waals surface area contributed by atoms with Crippen molar-refractivity contribution in [1.29, 1.82) is 0 Å². The number of aromatic nitrogens is 1. The van der Waals surface area contributed by atoms with Crippen molar-refractivity contribution in [3.63, 3.8) is 0 Å². The van der Waals surface area contributed by atoms with E-state index in [1.54, 1.807) is 0 Å². The SMILES string of the molecule is CNCc1sc(N2CCC(N3CCCC3)C2)nc1C. The van der Waals surface area contributed by atoms with E-state index >= 15 is 0 Å². The maximum absolute atomic E-state index is 4.76. The maximum Gasteiger partial charge on any atom is 0.185 e. The zero-order valence-electron chi connectivity index (χ0n) is 12.0. The monoisotopic (exact) mass is 280 g/mol. The summed E-state index contributed by atoms with van der Waals surface area (Å²) in [6, 6.07) is 0.763. The van der Waals surface area contributed by atoms with Gasteiger partial charge in [-0.15, -0.1) is 11.3 Å². The lowest BCUT2D eigenvalue weighted by molar-refractivity contribution is 0.260.